The molecule has 0 bridgehead atoms. The molecule has 1 saturated heterocycles. The van der Waals surface area contributed by atoms with Crippen LogP contribution in [0.4, 0.5) is 0 Å². The number of thiophene rings is 1. The van der Waals surface area contributed by atoms with Crippen LogP contribution in [0.25, 0.3) is 0 Å². The van der Waals surface area contributed by atoms with Crippen molar-refractivity contribution in [2.45, 2.75) is 55.9 Å². The van der Waals surface area contributed by atoms with Crippen LogP contribution in [0.15, 0.2) is 15.7 Å². The van der Waals surface area contributed by atoms with Crippen molar-refractivity contribution in [3.63, 3.8) is 0 Å². The number of amides is 1. The fraction of sp³-hybridized carbons (Fsp3) is 0.600. The van der Waals surface area contributed by atoms with Crippen molar-refractivity contribution in [2.75, 3.05) is 6.54 Å². The molecule has 7 nitrogen and oxygen atoms in total. The summed E-state index contributed by atoms with van der Waals surface area (Å²) in [5.74, 6) is -0.941. The van der Waals surface area contributed by atoms with Gasteiger partial charge in [0.15, 0.2) is 6.10 Å². The van der Waals surface area contributed by atoms with Gasteiger partial charge in [-0.2, -0.15) is 0 Å². The number of likely N-dealkylation sites (tertiary alicyclic amines) is 1. The average molecular weight is 374 g/mol. The molecule has 2 unspecified atom stereocenters. The molecule has 0 radical (unpaired) electrons. The van der Waals surface area contributed by atoms with Gasteiger partial charge in [0.1, 0.15) is 4.21 Å². The number of primary sulfonamides is 1. The van der Waals surface area contributed by atoms with Crippen LogP contribution in [-0.4, -0.2) is 43.9 Å². The second-order valence-electron chi connectivity index (χ2n) is 5.84. The van der Waals surface area contributed by atoms with Crippen LogP contribution in [0.3, 0.4) is 0 Å². The number of carbonyl (C=O) groups is 2. The van der Waals surface area contributed by atoms with E-state index in [2.05, 4.69) is 0 Å². The third kappa shape index (κ3) is 4.34. The van der Waals surface area contributed by atoms with E-state index in [9.17, 15) is 18.0 Å². The normalized spacial score (nSPS) is 19.8. The molecule has 1 aromatic heterocycles. The highest BCUT2D eigenvalue weighted by Crippen LogP contribution is 2.22. The summed E-state index contributed by atoms with van der Waals surface area (Å²) in [6, 6.07) is 1.34. The Morgan fingerprint density at radius 1 is 1.46 bits per heavy atom. The Balaban J connectivity index is 2.02. The molecular weight excluding hydrogens is 352 g/mol. The number of esters is 1. The zero-order valence-corrected chi connectivity index (χ0v) is 15.4. The van der Waals surface area contributed by atoms with Crippen LogP contribution in [0, 0.1) is 0 Å². The Hall–Kier alpha value is -1.45. The van der Waals surface area contributed by atoms with Crippen molar-refractivity contribution >= 4 is 33.2 Å². The summed E-state index contributed by atoms with van der Waals surface area (Å²) < 4.78 is 27.6. The van der Waals surface area contributed by atoms with E-state index in [-0.39, 0.29) is 21.7 Å². The van der Waals surface area contributed by atoms with Gasteiger partial charge in [-0.15, -0.1) is 11.3 Å². The number of carbonyl (C=O) groups excluding carboxylic acids is 2. The highest BCUT2D eigenvalue weighted by molar-refractivity contribution is 7.91. The van der Waals surface area contributed by atoms with Gasteiger partial charge in [0.25, 0.3) is 5.91 Å². The number of ether oxygens (including phenoxy) is 1. The Kier molecular flexibility index (Phi) is 6.00. The summed E-state index contributed by atoms with van der Waals surface area (Å²) in [5.41, 5.74) is 0.0781. The molecule has 1 aromatic rings. The molecule has 1 aliphatic rings. The summed E-state index contributed by atoms with van der Waals surface area (Å²) in [5, 5.41) is 6.37. The summed E-state index contributed by atoms with van der Waals surface area (Å²) >= 11 is 0.843. The number of piperidine rings is 1. The third-order valence-corrected chi connectivity index (χ3v) is 6.49. The Bertz CT molecular complexity index is 713. The van der Waals surface area contributed by atoms with Gasteiger partial charge in [-0.25, -0.2) is 18.4 Å². The summed E-state index contributed by atoms with van der Waals surface area (Å²) in [6.45, 7) is 4.24. The molecule has 2 rings (SSSR count). The molecule has 0 aromatic carbocycles. The van der Waals surface area contributed by atoms with E-state index < -0.39 is 22.1 Å². The van der Waals surface area contributed by atoms with Crippen LogP contribution in [0.2, 0.25) is 0 Å². The van der Waals surface area contributed by atoms with E-state index in [4.69, 9.17) is 9.88 Å². The number of sulfonamides is 1. The van der Waals surface area contributed by atoms with Gasteiger partial charge in [0.05, 0.1) is 5.56 Å². The highest BCUT2D eigenvalue weighted by atomic mass is 32.2. The van der Waals surface area contributed by atoms with Gasteiger partial charge < -0.3 is 9.64 Å². The van der Waals surface area contributed by atoms with Crippen LogP contribution in [0.5, 0.6) is 0 Å². The fourth-order valence-electron chi connectivity index (χ4n) is 2.80. The van der Waals surface area contributed by atoms with Crippen LogP contribution in [-0.2, 0) is 19.6 Å². The summed E-state index contributed by atoms with van der Waals surface area (Å²) in [6.07, 6.45) is 2.97. The lowest BCUT2D eigenvalue weighted by molar-refractivity contribution is -0.143. The second kappa shape index (κ2) is 7.62. The largest absolute Gasteiger partial charge is 0.449 e. The monoisotopic (exact) mass is 374 g/mol. The highest BCUT2D eigenvalue weighted by Gasteiger charge is 2.30. The second-order valence-corrected chi connectivity index (χ2v) is 8.54. The maximum atomic E-state index is 12.5. The van der Waals surface area contributed by atoms with E-state index >= 15 is 0 Å². The standard InChI is InChI=1S/C15H22N2O5S2/c1-3-12-6-4-5-7-17(12)14(18)10(2)22-15(19)11-8-13(23-9-11)24(16,20)21/h8-10,12H,3-7H2,1-2H3,(H2,16,20,21). The number of nitrogens with zero attached hydrogens (tertiary/aromatic N) is 1. The van der Waals surface area contributed by atoms with Gasteiger partial charge in [-0.3, -0.25) is 4.79 Å². The Labute approximate surface area is 145 Å². The lowest BCUT2D eigenvalue weighted by Gasteiger charge is -2.36. The number of hydrogen-bond acceptors (Lipinski definition) is 6. The van der Waals surface area contributed by atoms with Gasteiger partial charge in [-0.1, -0.05) is 6.92 Å². The molecule has 2 heterocycles. The van der Waals surface area contributed by atoms with Crippen molar-refractivity contribution in [3.05, 3.63) is 17.0 Å². The van der Waals surface area contributed by atoms with E-state index in [1.165, 1.54) is 12.3 Å². The summed E-state index contributed by atoms with van der Waals surface area (Å²) in [7, 11) is -3.85. The molecular formula is C15H22N2O5S2. The van der Waals surface area contributed by atoms with E-state index in [1.54, 1.807) is 4.90 Å². The molecule has 1 fully saturated rings. The minimum Gasteiger partial charge on any atom is -0.449 e. The lowest BCUT2D eigenvalue weighted by atomic mass is 9.99. The number of rotatable bonds is 5. The Morgan fingerprint density at radius 2 is 2.17 bits per heavy atom. The zero-order chi connectivity index (χ0) is 17.9. The number of nitrogens with two attached hydrogens (primary N) is 1. The molecule has 1 aliphatic heterocycles. The lowest BCUT2D eigenvalue weighted by Crippen LogP contribution is -2.48. The molecule has 134 valence electrons. The first-order valence-electron chi connectivity index (χ1n) is 7.86. The number of hydrogen-bond donors (Lipinski definition) is 1. The van der Waals surface area contributed by atoms with Crippen LogP contribution in [0.1, 0.15) is 49.9 Å². The molecule has 2 atom stereocenters. The first kappa shape index (κ1) is 18.9. The Morgan fingerprint density at radius 3 is 2.75 bits per heavy atom. The topological polar surface area (TPSA) is 107 Å². The minimum absolute atomic E-state index is 0.0781. The first-order valence-corrected chi connectivity index (χ1v) is 10.3. The van der Waals surface area contributed by atoms with Crippen LogP contribution >= 0.6 is 11.3 Å². The van der Waals surface area contributed by atoms with Gasteiger partial charge >= 0.3 is 5.97 Å². The van der Waals surface area contributed by atoms with Crippen molar-refractivity contribution in [3.8, 4) is 0 Å². The molecule has 0 aliphatic carbocycles. The van der Waals surface area contributed by atoms with Crippen molar-refractivity contribution in [1.29, 1.82) is 0 Å². The maximum Gasteiger partial charge on any atom is 0.339 e. The molecule has 24 heavy (non-hydrogen) atoms. The average Bonchev–Trinajstić information content (AvgIpc) is 3.04. The first-order chi connectivity index (χ1) is 11.2. The van der Waals surface area contributed by atoms with Gasteiger partial charge in [0, 0.05) is 18.0 Å². The van der Waals surface area contributed by atoms with Crippen molar-refractivity contribution in [1.82, 2.24) is 4.90 Å². The molecule has 1 amide bonds. The van der Waals surface area contributed by atoms with E-state index in [0.717, 1.165) is 43.1 Å². The van der Waals surface area contributed by atoms with E-state index in [1.807, 2.05) is 6.92 Å². The molecule has 9 heteroatoms. The van der Waals surface area contributed by atoms with E-state index in [0.29, 0.717) is 6.54 Å². The third-order valence-electron chi connectivity index (χ3n) is 4.10. The molecule has 0 spiro atoms. The van der Waals surface area contributed by atoms with Gasteiger partial charge in [0.2, 0.25) is 10.0 Å². The molecule has 0 saturated carbocycles. The smallest absolute Gasteiger partial charge is 0.339 e. The predicted molar refractivity (Wildman–Crippen MR) is 90.2 cm³/mol. The predicted octanol–water partition coefficient (Wildman–Crippen LogP) is 1.73. The summed E-state index contributed by atoms with van der Waals surface area (Å²) in [4.78, 5) is 26.4. The molecule has 2 N–H and O–H groups in total. The zero-order valence-electron chi connectivity index (χ0n) is 13.7. The maximum absolute atomic E-state index is 12.5. The van der Waals surface area contributed by atoms with Crippen LogP contribution < -0.4 is 5.14 Å². The SMILES string of the molecule is CCC1CCCCN1C(=O)C(C)OC(=O)c1csc(S(N)(=O)=O)c1. The van der Waals surface area contributed by atoms with Gasteiger partial charge in [-0.05, 0) is 38.7 Å². The van der Waals surface area contributed by atoms with Crippen molar-refractivity contribution < 1.29 is 22.7 Å². The quantitative estimate of drug-likeness (QED) is 0.790. The minimum atomic E-state index is -3.85. The van der Waals surface area contributed by atoms with Crippen molar-refractivity contribution in [2.24, 2.45) is 5.14 Å². The fourth-order valence-corrected chi connectivity index (χ4v) is 4.37.